The topological polar surface area (TPSA) is 88.0 Å². The number of H-pyrrole nitrogens is 1. The van der Waals surface area contributed by atoms with E-state index in [0.29, 0.717) is 10.7 Å². The highest BCUT2D eigenvalue weighted by molar-refractivity contribution is 7.98. The van der Waals surface area contributed by atoms with Crippen molar-refractivity contribution >= 4 is 11.8 Å². The molecule has 24 heavy (non-hydrogen) atoms. The molecule has 0 amide bonds. The van der Waals surface area contributed by atoms with E-state index in [1.807, 2.05) is 6.07 Å². The van der Waals surface area contributed by atoms with Gasteiger partial charge in [0.25, 0.3) is 12.0 Å². The molecule has 1 aromatic heterocycles. The van der Waals surface area contributed by atoms with Gasteiger partial charge >= 0.3 is 0 Å². The van der Waals surface area contributed by atoms with E-state index >= 15 is 0 Å². The van der Waals surface area contributed by atoms with Gasteiger partial charge in [0.15, 0.2) is 16.7 Å². The number of nitriles is 1. The van der Waals surface area contributed by atoms with Crippen LogP contribution in [0.15, 0.2) is 28.2 Å². The van der Waals surface area contributed by atoms with Crippen molar-refractivity contribution in [2.24, 2.45) is 0 Å². The predicted molar refractivity (Wildman–Crippen MR) is 84.8 cm³/mol. The van der Waals surface area contributed by atoms with E-state index in [0.717, 1.165) is 0 Å². The lowest BCUT2D eigenvalue weighted by molar-refractivity contribution is 0.0804. The number of aromatic amines is 1. The number of hydrogen-bond acceptors (Lipinski definition) is 6. The van der Waals surface area contributed by atoms with Gasteiger partial charge in [-0.15, -0.1) is 0 Å². The molecule has 0 atom stereocenters. The van der Waals surface area contributed by atoms with Crippen molar-refractivity contribution in [1.82, 2.24) is 9.97 Å². The Hall–Kier alpha value is -2.60. The van der Waals surface area contributed by atoms with Crippen LogP contribution in [0.3, 0.4) is 0 Å². The maximum atomic E-state index is 12.3. The van der Waals surface area contributed by atoms with E-state index in [-0.39, 0.29) is 22.8 Å². The summed E-state index contributed by atoms with van der Waals surface area (Å²) in [6.45, 7) is -0.765. The summed E-state index contributed by atoms with van der Waals surface area (Å²) >= 11 is 1.22. The Morgan fingerprint density at radius 3 is 2.75 bits per heavy atom. The van der Waals surface area contributed by atoms with Crippen LogP contribution >= 0.6 is 11.8 Å². The number of halogens is 2. The van der Waals surface area contributed by atoms with Crippen molar-refractivity contribution in [1.29, 1.82) is 5.26 Å². The van der Waals surface area contributed by atoms with E-state index < -0.39 is 18.6 Å². The lowest BCUT2D eigenvalue weighted by Gasteiger charge is -2.12. The summed E-state index contributed by atoms with van der Waals surface area (Å²) in [4.78, 5) is 18.7. The van der Waals surface area contributed by atoms with E-state index in [1.54, 1.807) is 6.26 Å². The molecular formula is C15H13F2N3O3S. The highest BCUT2D eigenvalue weighted by Gasteiger charge is 2.16. The quantitative estimate of drug-likeness (QED) is 0.634. The highest BCUT2D eigenvalue weighted by Crippen LogP contribution is 2.33. The summed E-state index contributed by atoms with van der Waals surface area (Å²) in [5, 5.41) is 9.55. The molecule has 0 unspecified atom stereocenters. The largest absolute Gasteiger partial charge is 0.493 e. The van der Waals surface area contributed by atoms with Crippen LogP contribution in [0, 0.1) is 11.3 Å². The lowest BCUT2D eigenvalue weighted by atomic mass is 10.1. The van der Waals surface area contributed by atoms with Crippen LogP contribution in [0.5, 0.6) is 11.5 Å². The van der Waals surface area contributed by atoms with Gasteiger partial charge in [0.1, 0.15) is 18.2 Å². The van der Waals surface area contributed by atoms with Gasteiger partial charge in [0.2, 0.25) is 0 Å². The first-order chi connectivity index (χ1) is 11.5. The molecule has 0 saturated heterocycles. The fourth-order valence-electron chi connectivity index (χ4n) is 1.95. The van der Waals surface area contributed by atoms with Gasteiger partial charge in [-0.2, -0.15) is 5.26 Å². The smallest absolute Gasteiger partial charge is 0.272 e. The molecule has 0 spiro atoms. The van der Waals surface area contributed by atoms with Crippen molar-refractivity contribution in [3.63, 3.8) is 0 Å². The zero-order valence-corrected chi connectivity index (χ0v) is 13.6. The van der Waals surface area contributed by atoms with Crippen LogP contribution in [0.2, 0.25) is 0 Å². The predicted octanol–water partition coefficient (Wildman–Crippen LogP) is 2.68. The van der Waals surface area contributed by atoms with Crippen LogP contribution in [0.1, 0.15) is 5.56 Å². The van der Waals surface area contributed by atoms with E-state index in [9.17, 15) is 18.8 Å². The first-order valence-corrected chi connectivity index (χ1v) is 7.90. The third-order valence-corrected chi connectivity index (χ3v) is 3.58. The second kappa shape index (κ2) is 7.79. The Bertz CT molecular complexity index is 834. The van der Waals surface area contributed by atoms with Gasteiger partial charge < -0.3 is 14.5 Å². The zero-order chi connectivity index (χ0) is 17.7. The van der Waals surface area contributed by atoms with Gasteiger partial charge in [0, 0.05) is 5.56 Å². The van der Waals surface area contributed by atoms with Crippen LogP contribution in [-0.2, 0) is 0 Å². The molecule has 9 heteroatoms. The van der Waals surface area contributed by atoms with E-state index in [4.69, 9.17) is 9.47 Å². The molecular weight excluding hydrogens is 340 g/mol. The average Bonchev–Trinajstić information content (AvgIpc) is 2.58. The number of rotatable bonds is 6. The molecule has 0 fully saturated rings. The molecule has 0 aliphatic rings. The van der Waals surface area contributed by atoms with Gasteiger partial charge in [-0.3, -0.25) is 4.79 Å². The fraction of sp³-hybridized carbons (Fsp3) is 0.267. The highest BCUT2D eigenvalue weighted by atomic mass is 32.2. The number of nitrogens with zero attached hydrogens (tertiary/aromatic N) is 2. The number of alkyl halides is 2. The van der Waals surface area contributed by atoms with Crippen molar-refractivity contribution in [3.05, 3.63) is 34.1 Å². The zero-order valence-electron chi connectivity index (χ0n) is 12.8. The average molecular weight is 353 g/mol. The summed E-state index contributed by atoms with van der Waals surface area (Å²) in [5.41, 5.74) is -0.0709. The molecule has 2 rings (SSSR count). The molecule has 0 radical (unpaired) electrons. The number of hydrogen-bond donors (Lipinski definition) is 1. The molecule has 1 aromatic carbocycles. The SMILES string of the molecule is COc1cc(-c2nc(SC)[nH]c(=O)c2C#N)ccc1OCC(F)F. The molecule has 1 heterocycles. The molecule has 6 nitrogen and oxygen atoms in total. The lowest BCUT2D eigenvalue weighted by Crippen LogP contribution is -2.14. The van der Waals surface area contributed by atoms with Gasteiger partial charge in [-0.05, 0) is 24.5 Å². The Morgan fingerprint density at radius 2 is 2.17 bits per heavy atom. The van der Waals surface area contributed by atoms with Crippen LogP contribution in [0.25, 0.3) is 11.3 Å². The second-order valence-corrected chi connectivity index (χ2v) is 5.27. The van der Waals surface area contributed by atoms with Crippen molar-refractivity contribution in [3.8, 4) is 28.8 Å². The molecule has 0 aliphatic carbocycles. The molecule has 0 aliphatic heterocycles. The Kier molecular flexibility index (Phi) is 5.76. The first-order valence-electron chi connectivity index (χ1n) is 6.68. The standard InChI is InChI=1S/C15H13F2N3O3S/c1-22-11-5-8(3-4-10(11)23-7-12(16)17)13-9(6-18)14(21)20-15(19-13)24-2/h3-5,12H,7H2,1-2H3,(H,19,20,21). The Morgan fingerprint density at radius 1 is 1.42 bits per heavy atom. The number of benzene rings is 1. The first kappa shape index (κ1) is 17.7. The van der Waals surface area contributed by atoms with Gasteiger partial charge in [-0.1, -0.05) is 11.8 Å². The summed E-state index contributed by atoms with van der Waals surface area (Å²) in [6.07, 6.45) is -0.881. The van der Waals surface area contributed by atoms with Crippen molar-refractivity contribution < 1.29 is 18.3 Å². The number of aromatic nitrogens is 2. The minimum absolute atomic E-state index is 0.134. The molecule has 0 bridgehead atoms. The molecule has 2 aromatic rings. The third-order valence-electron chi connectivity index (χ3n) is 3.00. The maximum Gasteiger partial charge on any atom is 0.272 e. The van der Waals surface area contributed by atoms with Crippen LogP contribution < -0.4 is 15.0 Å². The minimum Gasteiger partial charge on any atom is -0.493 e. The molecule has 0 saturated carbocycles. The third kappa shape index (κ3) is 3.83. The number of methoxy groups -OCH3 is 1. The number of ether oxygens (including phenoxy) is 2. The van der Waals surface area contributed by atoms with E-state index in [2.05, 4.69) is 9.97 Å². The fourth-order valence-corrected chi connectivity index (χ4v) is 2.33. The van der Waals surface area contributed by atoms with Crippen LogP contribution in [0.4, 0.5) is 8.78 Å². The van der Waals surface area contributed by atoms with Gasteiger partial charge in [0.05, 0.1) is 12.8 Å². The normalized spacial score (nSPS) is 10.5. The summed E-state index contributed by atoms with van der Waals surface area (Å²) < 4.78 is 34.7. The van der Waals surface area contributed by atoms with Crippen molar-refractivity contribution in [2.45, 2.75) is 11.6 Å². The summed E-state index contributed by atoms with van der Waals surface area (Å²) in [6, 6.07) is 6.25. The minimum atomic E-state index is -2.61. The monoisotopic (exact) mass is 353 g/mol. The van der Waals surface area contributed by atoms with E-state index in [1.165, 1.54) is 37.1 Å². The summed E-state index contributed by atoms with van der Waals surface area (Å²) in [7, 11) is 1.36. The summed E-state index contributed by atoms with van der Waals surface area (Å²) in [5.74, 6) is 0.333. The number of nitrogens with one attached hydrogen (secondary N) is 1. The number of thioether (sulfide) groups is 1. The van der Waals surface area contributed by atoms with Gasteiger partial charge in [-0.25, -0.2) is 13.8 Å². The van der Waals surface area contributed by atoms with Crippen LogP contribution in [-0.4, -0.2) is 36.4 Å². The second-order valence-electron chi connectivity index (χ2n) is 4.48. The Balaban J connectivity index is 2.52. The van der Waals surface area contributed by atoms with Crippen molar-refractivity contribution in [2.75, 3.05) is 20.0 Å². The molecule has 126 valence electrons. The molecule has 1 N–H and O–H groups in total. The maximum absolute atomic E-state index is 12.3. The Labute approximate surface area is 140 Å².